The van der Waals surface area contributed by atoms with Crippen LogP contribution in [-0.4, -0.2) is 37.7 Å². The Morgan fingerprint density at radius 1 is 1.35 bits per heavy atom. The summed E-state index contributed by atoms with van der Waals surface area (Å²) in [4.78, 5) is 22.4. The van der Waals surface area contributed by atoms with Crippen LogP contribution >= 0.6 is 11.8 Å². The monoisotopic (exact) mass is 330 g/mol. The molecule has 0 saturated carbocycles. The normalized spacial score (nSPS) is 10.7. The van der Waals surface area contributed by atoms with Crippen LogP contribution in [0.15, 0.2) is 45.5 Å². The topological polar surface area (TPSA) is 89.9 Å². The van der Waals surface area contributed by atoms with E-state index in [1.807, 2.05) is 6.07 Å². The van der Waals surface area contributed by atoms with Crippen molar-refractivity contribution in [3.63, 3.8) is 0 Å². The third kappa shape index (κ3) is 3.09. The second-order valence-electron chi connectivity index (χ2n) is 4.75. The van der Waals surface area contributed by atoms with Gasteiger partial charge >= 0.3 is 0 Å². The Morgan fingerprint density at radius 3 is 2.83 bits per heavy atom. The van der Waals surface area contributed by atoms with Crippen molar-refractivity contribution < 1.29 is 9.21 Å². The second kappa shape index (κ2) is 6.21. The molecule has 118 valence electrons. The molecule has 0 atom stereocenters. The largest absolute Gasteiger partial charge is 0.416 e. The summed E-state index contributed by atoms with van der Waals surface area (Å²) in [6.07, 6.45) is 4.82. The lowest BCUT2D eigenvalue weighted by Gasteiger charge is -2.16. The Balaban J connectivity index is 1.82. The average molecular weight is 330 g/mol. The van der Waals surface area contributed by atoms with Gasteiger partial charge in [0.15, 0.2) is 5.16 Å². The number of carbonyl (C=O) groups is 1. The van der Waals surface area contributed by atoms with Gasteiger partial charge in [-0.3, -0.25) is 9.78 Å². The van der Waals surface area contributed by atoms with Crippen molar-refractivity contribution >= 4 is 23.4 Å². The van der Waals surface area contributed by atoms with Crippen molar-refractivity contribution in [1.29, 1.82) is 0 Å². The van der Waals surface area contributed by atoms with Gasteiger partial charge in [0.25, 0.3) is 11.1 Å². The van der Waals surface area contributed by atoms with E-state index >= 15 is 0 Å². The van der Waals surface area contributed by atoms with E-state index in [4.69, 9.17) is 4.42 Å². The molecule has 0 aromatic carbocycles. The van der Waals surface area contributed by atoms with Gasteiger partial charge in [0, 0.05) is 39.0 Å². The molecule has 0 spiro atoms. The van der Waals surface area contributed by atoms with E-state index in [0.717, 1.165) is 0 Å². The van der Waals surface area contributed by atoms with Gasteiger partial charge in [0.1, 0.15) is 5.69 Å². The van der Waals surface area contributed by atoms with Crippen LogP contribution in [0, 0.1) is 6.92 Å². The first-order valence-corrected chi connectivity index (χ1v) is 7.55. The predicted octanol–water partition coefficient (Wildman–Crippen LogP) is 1.93. The zero-order chi connectivity index (χ0) is 16.4. The fraction of sp³-hybridized carbons (Fsp3) is 0.214. The summed E-state index contributed by atoms with van der Waals surface area (Å²) in [5.74, 6) is 0.302. The maximum Gasteiger partial charge on any atom is 0.284 e. The quantitative estimate of drug-likeness (QED) is 0.722. The first kappa shape index (κ1) is 15.2. The van der Waals surface area contributed by atoms with Gasteiger partial charge in [0.2, 0.25) is 5.89 Å². The molecule has 3 aromatic heterocycles. The first-order chi connectivity index (χ1) is 11.1. The molecule has 1 amide bonds. The second-order valence-corrected chi connectivity index (χ2v) is 5.67. The molecule has 3 aromatic rings. The van der Waals surface area contributed by atoms with Gasteiger partial charge in [-0.05, 0) is 12.1 Å². The summed E-state index contributed by atoms with van der Waals surface area (Å²) in [6, 6.07) is 3.60. The fourth-order valence-electron chi connectivity index (χ4n) is 1.93. The maximum atomic E-state index is 12.6. The number of amides is 1. The minimum atomic E-state index is -0.179. The van der Waals surface area contributed by atoms with E-state index in [-0.39, 0.29) is 5.91 Å². The van der Waals surface area contributed by atoms with Crippen LogP contribution in [0.3, 0.4) is 0 Å². The SMILES string of the molecule is Cc1nnc(Sc2ncc(C(=O)N(C)c3cccnc3)n2C)o1. The van der Waals surface area contributed by atoms with E-state index in [2.05, 4.69) is 20.2 Å². The highest BCUT2D eigenvalue weighted by atomic mass is 32.2. The molecule has 0 bridgehead atoms. The van der Waals surface area contributed by atoms with E-state index in [9.17, 15) is 4.79 Å². The van der Waals surface area contributed by atoms with Gasteiger partial charge in [-0.2, -0.15) is 0 Å². The van der Waals surface area contributed by atoms with E-state index < -0.39 is 0 Å². The van der Waals surface area contributed by atoms with Gasteiger partial charge in [-0.1, -0.05) is 0 Å². The van der Waals surface area contributed by atoms with Crippen molar-refractivity contribution in [3.05, 3.63) is 42.3 Å². The van der Waals surface area contributed by atoms with Crippen LogP contribution in [0.25, 0.3) is 0 Å². The molecule has 0 aliphatic carbocycles. The van der Waals surface area contributed by atoms with Crippen LogP contribution in [0.5, 0.6) is 0 Å². The van der Waals surface area contributed by atoms with E-state index in [1.54, 1.807) is 44.0 Å². The zero-order valence-electron chi connectivity index (χ0n) is 12.8. The van der Waals surface area contributed by atoms with Crippen molar-refractivity contribution in [1.82, 2.24) is 24.7 Å². The van der Waals surface area contributed by atoms with Crippen LogP contribution in [0.4, 0.5) is 5.69 Å². The lowest BCUT2D eigenvalue weighted by atomic mass is 10.3. The van der Waals surface area contributed by atoms with Gasteiger partial charge < -0.3 is 13.9 Å². The Hall–Kier alpha value is -2.68. The van der Waals surface area contributed by atoms with E-state index in [1.165, 1.54) is 22.9 Å². The number of rotatable bonds is 4. The minimum Gasteiger partial charge on any atom is -0.416 e. The molecule has 0 fully saturated rings. The molecule has 23 heavy (non-hydrogen) atoms. The number of anilines is 1. The average Bonchev–Trinajstić information content (AvgIpc) is 3.14. The number of aryl methyl sites for hydroxylation is 1. The van der Waals surface area contributed by atoms with Gasteiger partial charge in [-0.25, -0.2) is 4.98 Å². The lowest BCUT2D eigenvalue weighted by molar-refractivity contribution is 0.0984. The predicted molar refractivity (Wildman–Crippen MR) is 83.3 cm³/mol. The molecule has 0 radical (unpaired) electrons. The summed E-state index contributed by atoms with van der Waals surface area (Å²) in [5, 5.41) is 8.65. The molecule has 0 aliphatic rings. The number of aromatic nitrogens is 5. The van der Waals surface area contributed by atoms with Crippen LogP contribution in [0.1, 0.15) is 16.4 Å². The fourth-order valence-corrected chi connectivity index (χ4v) is 2.67. The first-order valence-electron chi connectivity index (χ1n) is 6.74. The molecular weight excluding hydrogens is 316 g/mol. The smallest absolute Gasteiger partial charge is 0.284 e. The van der Waals surface area contributed by atoms with Crippen molar-refractivity contribution in [2.45, 2.75) is 17.3 Å². The van der Waals surface area contributed by atoms with Crippen LogP contribution in [0.2, 0.25) is 0 Å². The number of pyridine rings is 1. The third-order valence-corrected chi connectivity index (χ3v) is 4.09. The van der Waals surface area contributed by atoms with Crippen LogP contribution in [-0.2, 0) is 7.05 Å². The Labute approximate surface area is 136 Å². The number of nitrogens with zero attached hydrogens (tertiary/aromatic N) is 6. The highest BCUT2D eigenvalue weighted by Crippen LogP contribution is 2.26. The number of carbonyl (C=O) groups excluding carboxylic acids is 1. The minimum absolute atomic E-state index is 0.179. The molecule has 0 unspecified atom stereocenters. The number of imidazole rings is 1. The zero-order valence-corrected chi connectivity index (χ0v) is 13.6. The van der Waals surface area contributed by atoms with E-state index in [0.29, 0.717) is 27.7 Å². The number of hydrogen-bond donors (Lipinski definition) is 0. The summed E-state index contributed by atoms with van der Waals surface area (Å²) < 4.78 is 7.01. The lowest BCUT2D eigenvalue weighted by Crippen LogP contribution is -2.28. The van der Waals surface area contributed by atoms with Crippen molar-refractivity contribution in [2.75, 3.05) is 11.9 Å². The Bertz CT molecular complexity index is 829. The molecule has 3 heterocycles. The maximum absolute atomic E-state index is 12.6. The highest BCUT2D eigenvalue weighted by Gasteiger charge is 2.20. The summed E-state index contributed by atoms with van der Waals surface area (Å²) in [5.41, 5.74) is 1.16. The van der Waals surface area contributed by atoms with Crippen molar-refractivity contribution in [3.8, 4) is 0 Å². The summed E-state index contributed by atoms with van der Waals surface area (Å²) in [7, 11) is 3.46. The molecular formula is C14H14N6O2S. The van der Waals surface area contributed by atoms with Crippen LogP contribution < -0.4 is 4.90 Å². The number of hydrogen-bond acceptors (Lipinski definition) is 7. The standard InChI is InChI=1S/C14H14N6O2S/c1-9-17-18-14(22-9)23-13-16-8-11(20(13)3)12(21)19(2)10-5-4-6-15-7-10/h4-8H,1-3H3. The Morgan fingerprint density at radius 2 is 2.17 bits per heavy atom. The molecule has 0 aliphatic heterocycles. The molecule has 9 heteroatoms. The summed E-state index contributed by atoms with van der Waals surface area (Å²) >= 11 is 1.21. The molecule has 3 rings (SSSR count). The third-order valence-electron chi connectivity index (χ3n) is 3.19. The highest BCUT2D eigenvalue weighted by molar-refractivity contribution is 7.99. The molecule has 0 saturated heterocycles. The van der Waals surface area contributed by atoms with Gasteiger partial charge in [0.05, 0.1) is 18.1 Å². The summed E-state index contributed by atoms with van der Waals surface area (Å²) in [6.45, 7) is 1.72. The molecule has 8 nitrogen and oxygen atoms in total. The molecule has 0 N–H and O–H groups in total. The van der Waals surface area contributed by atoms with Gasteiger partial charge in [-0.15, -0.1) is 10.2 Å². The Kier molecular flexibility index (Phi) is 4.11. The van der Waals surface area contributed by atoms with Crippen molar-refractivity contribution in [2.24, 2.45) is 7.05 Å².